The lowest BCUT2D eigenvalue weighted by molar-refractivity contribution is -0.132. The van der Waals surface area contributed by atoms with Crippen LogP contribution in [0.1, 0.15) is 28.7 Å². The van der Waals surface area contributed by atoms with Crippen molar-refractivity contribution in [3.8, 4) is 0 Å². The lowest BCUT2D eigenvalue weighted by Crippen LogP contribution is -2.31. The van der Waals surface area contributed by atoms with Crippen LogP contribution in [0, 0.1) is 0 Å². The molecule has 0 saturated heterocycles. The van der Waals surface area contributed by atoms with Gasteiger partial charge in [-0.1, -0.05) is 97.1 Å². The van der Waals surface area contributed by atoms with Crippen molar-refractivity contribution in [3.05, 3.63) is 149 Å². The monoisotopic (exact) mass is 606 g/mol. The number of aromatic nitrogens is 1. The van der Waals surface area contributed by atoms with E-state index < -0.39 is 21.5 Å². The SMILES string of the molecule is O=C(O)C1=Cc2ccc(S(=O)(=O)Nc3nccs3)cc2NC(=NC(c2ccccc2)(c2ccccc2)c2ccccc2)C1. The van der Waals surface area contributed by atoms with Crippen LogP contribution >= 0.6 is 11.3 Å². The van der Waals surface area contributed by atoms with Gasteiger partial charge in [0.25, 0.3) is 10.0 Å². The predicted molar refractivity (Wildman–Crippen MR) is 170 cm³/mol. The van der Waals surface area contributed by atoms with Gasteiger partial charge in [0.15, 0.2) is 5.13 Å². The Hall–Kier alpha value is -5.06. The van der Waals surface area contributed by atoms with Crippen LogP contribution in [0.25, 0.3) is 6.08 Å². The Morgan fingerprint density at radius 3 is 1.98 bits per heavy atom. The molecule has 214 valence electrons. The maximum atomic E-state index is 13.2. The summed E-state index contributed by atoms with van der Waals surface area (Å²) in [7, 11) is -3.96. The minimum Gasteiger partial charge on any atom is -0.478 e. The number of thiazole rings is 1. The molecule has 0 spiro atoms. The molecule has 0 unspecified atom stereocenters. The van der Waals surface area contributed by atoms with Crippen LogP contribution in [-0.2, 0) is 20.4 Å². The average molecular weight is 607 g/mol. The number of aliphatic imine (C=N–C) groups is 1. The van der Waals surface area contributed by atoms with E-state index in [4.69, 9.17) is 4.99 Å². The summed E-state index contributed by atoms with van der Waals surface area (Å²) < 4.78 is 28.9. The molecule has 0 bridgehead atoms. The molecule has 10 heteroatoms. The van der Waals surface area contributed by atoms with Gasteiger partial charge in [0.05, 0.1) is 4.90 Å². The fourth-order valence-electron chi connectivity index (χ4n) is 5.14. The van der Waals surface area contributed by atoms with Crippen LogP contribution in [-0.4, -0.2) is 30.3 Å². The molecule has 0 amide bonds. The van der Waals surface area contributed by atoms with Crippen LogP contribution in [0.15, 0.2) is 136 Å². The first-order valence-corrected chi connectivity index (χ1v) is 15.7. The van der Waals surface area contributed by atoms with Gasteiger partial charge in [-0.05, 0) is 40.5 Å². The van der Waals surface area contributed by atoms with E-state index in [1.807, 2.05) is 91.0 Å². The number of nitrogens with one attached hydrogen (secondary N) is 2. The van der Waals surface area contributed by atoms with E-state index in [2.05, 4.69) is 15.0 Å². The van der Waals surface area contributed by atoms with Crippen LogP contribution < -0.4 is 10.0 Å². The number of sulfonamides is 1. The van der Waals surface area contributed by atoms with E-state index in [0.29, 0.717) is 17.1 Å². The minimum absolute atomic E-state index is 0.000849. The van der Waals surface area contributed by atoms with E-state index >= 15 is 0 Å². The number of hydrogen-bond acceptors (Lipinski definition) is 6. The summed E-state index contributed by atoms with van der Waals surface area (Å²) >= 11 is 1.17. The third-order valence-electron chi connectivity index (χ3n) is 7.11. The van der Waals surface area contributed by atoms with Gasteiger partial charge in [0, 0.05) is 29.3 Å². The number of rotatable bonds is 8. The molecule has 1 aliphatic rings. The highest BCUT2D eigenvalue weighted by Crippen LogP contribution is 2.41. The van der Waals surface area contributed by atoms with Gasteiger partial charge in [-0.2, -0.15) is 0 Å². The summed E-state index contributed by atoms with van der Waals surface area (Å²) in [5.41, 5.74) is 2.67. The van der Waals surface area contributed by atoms with Crippen LogP contribution in [0.5, 0.6) is 0 Å². The highest BCUT2D eigenvalue weighted by atomic mass is 32.2. The molecule has 0 atom stereocenters. The molecular weight excluding hydrogens is 581 g/mol. The van der Waals surface area contributed by atoms with Gasteiger partial charge in [0.2, 0.25) is 0 Å². The molecule has 0 saturated carbocycles. The first-order chi connectivity index (χ1) is 20.8. The minimum atomic E-state index is -3.96. The van der Waals surface area contributed by atoms with Crippen LogP contribution in [0.2, 0.25) is 0 Å². The summed E-state index contributed by atoms with van der Waals surface area (Å²) in [6, 6.07) is 34.0. The number of fused-ring (bicyclic) bond motifs is 1. The molecule has 1 aliphatic heterocycles. The number of nitrogens with zero attached hydrogens (tertiary/aromatic N) is 2. The fraction of sp³-hybridized carbons (Fsp3) is 0.0606. The molecule has 0 fully saturated rings. The Bertz CT molecular complexity index is 1830. The zero-order valence-electron chi connectivity index (χ0n) is 22.7. The highest BCUT2D eigenvalue weighted by Gasteiger charge is 2.37. The van der Waals surface area contributed by atoms with Crippen molar-refractivity contribution in [1.29, 1.82) is 0 Å². The predicted octanol–water partition coefficient (Wildman–Crippen LogP) is 6.62. The third-order valence-corrected chi connectivity index (χ3v) is 9.26. The maximum Gasteiger partial charge on any atom is 0.332 e. The Kier molecular flexibility index (Phi) is 7.62. The molecule has 3 N–H and O–H groups in total. The summed E-state index contributed by atoms with van der Waals surface area (Å²) in [4.78, 5) is 21.7. The Balaban J connectivity index is 1.55. The largest absolute Gasteiger partial charge is 0.478 e. The number of carbonyl (C=O) groups is 1. The normalized spacial score (nSPS) is 14.2. The molecule has 0 radical (unpaired) electrons. The number of anilines is 2. The van der Waals surface area contributed by atoms with E-state index in [0.717, 1.165) is 16.7 Å². The van der Waals surface area contributed by atoms with Crippen molar-refractivity contribution in [2.75, 3.05) is 10.0 Å². The molecule has 8 nitrogen and oxygen atoms in total. The van der Waals surface area contributed by atoms with E-state index in [-0.39, 0.29) is 22.0 Å². The first-order valence-electron chi connectivity index (χ1n) is 13.4. The molecule has 43 heavy (non-hydrogen) atoms. The molecule has 1 aromatic heterocycles. The topological polar surface area (TPSA) is 121 Å². The number of aliphatic carboxylic acids is 1. The third kappa shape index (κ3) is 5.70. The Morgan fingerprint density at radius 2 is 1.47 bits per heavy atom. The van der Waals surface area contributed by atoms with E-state index in [1.165, 1.54) is 29.7 Å². The Labute approximate surface area is 253 Å². The van der Waals surface area contributed by atoms with Crippen molar-refractivity contribution in [1.82, 2.24) is 4.98 Å². The summed E-state index contributed by atoms with van der Waals surface area (Å²) in [6.07, 6.45) is 3.05. The van der Waals surface area contributed by atoms with Crippen molar-refractivity contribution in [2.24, 2.45) is 4.99 Å². The van der Waals surface area contributed by atoms with Gasteiger partial charge in [-0.15, -0.1) is 11.3 Å². The van der Waals surface area contributed by atoms with Gasteiger partial charge in [0.1, 0.15) is 11.4 Å². The average Bonchev–Trinajstić information content (AvgIpc) is 3.46. The first kappa shape index (κ1) is 28.1. The maximum absolute atomic E-state index is 13.2. The quantitative estimate of drug-likeness (QED) is 0.171. The number of hydrogen-bond donors (Lipinski definition) is 3. The molecule has 2 heterocycles. The van der Waals surface area contributed by atoms with Gasteiger partial charge < -0.3 is 10.4 Å². The van der Waals surface area contributed by atoms with Gasteiger partial charge >= 0.3 is 5.97 Å². The van der Waals surface area contributed by atoms with E-state index in [9.17, 15) is 18.3 Å². The number of carboxylic acid groups (broad SMARTS) is 1. The standard InChI is InChI=1S/C33H26N4O4S2/c38-31(39)24-20-23-16-17-28(43(40,41)37-32-34-18-19-42-32)22-29(23)35-30(21-24)36-33(25-10-4-1-5-11-25,26-12-6-2-7-13-26)27-14-8-3-9-15-27/h1-20,22H,21H2,(H,34,37)(H,35,36)(H,38,39). The van der Waals surface area contributed by atoms with Crippen LogP contribution in [0.3, 0.4) is 0 Å². The summed E-state index contributed by atoms with van der Waals surface area (Å²) in [5.74, 6) is -0.722. The van der Waals surface area contributed by atoms with Crippen LogP contribution in [0.4, 0.5) is 10.8 Å². The van der Waals surface area contributed by atoms with E-state index in [1.54, 1.807) is 17.5 Å². The summed E-state index contributed by atoms with van der Waals surface area (Å²) in [6.45, 7) is 0. The highest BCUT2D eigenvalue weighted by molar-refractivity contribution is 7.93. The molecule has 4 aromatic carbocycles. The van der Waals surface area contributed by atoms with Crippen molar-refractivity contribution >= 4 is 50.1 Å². The summed E-state index contributed by atoms with van der Waals surface area (Å²) in [5, 5.41) is 15.4. The molecule has 0 aliphatic carbocycles. The smallest absolute Gasteiger partial charge is 0.332 e. The number of carboxylic acids is 1. The second-order valence-electron chi connectivity index (χ2n) is 9.84. The number of benzene rings is 4. The molecule has 5 aromatic rings. The molecule has 6 rings (SSSR count). The lowest BCUT2D eigenvalue weighted by Gasteiger charge is -2.33. The lowest BCUT2D eigenvalue weighted by atomic mass is 9.77. The van der Waals surface area contributed by atoms with Crippen molar-refractivity contribution in [2.45, 2.75) is 16.9 Å². The second kappa shape index (κ2) is 11.7. The van der Waals surface area contributed by atoms with Crippen molar-refractivity contribution < 1.29 is 18.3 Å². The zero-order valence-corrected chi connectivity index (χ0v) is 24.3. The zero-order chi connectivity index (χ0) is 29.9. The van der Waals surface area contributed by atoms with Gasteiger partial charge in [-0.25, -0.2) is 18.2 Å². The fourth-order valence-corrected chi connectivity index (χ4v) is 6.96. The number of amidine groups is 1. The molecular formula is C33H26N4O4S2. The van der Waals surface area contributed by atoms with Gasteiger partial charge in [-0.3, -0.25) is 9.71 Å². The van der Waals surface area contributed by atoms with Crippen molar-refractivity contribution in [3.63, 3.8) is 0 Å². The second-order valence-corrected chi connectivity index (χ2v) is 12.4. The Morgan fingerprint density at radius 1 is 0.884 bits per heavy atom.